The van der Waals surface area contributed by atoms with Crippen LogP contribution in [0.1, 0.15) is 43.6 Å². The average Bonchev–Trinajstić information content (AvgIpc) is 2.95. The Hall–Kier alpha value is -2.46. The number of rotatable bonds is 3. The predicted octanol–water partition coefficient (Wildman–Crippen LogP) is 4.63. The van der Waals surface area contributed by atoms with Crippen molar-refractivity contribution in [2.45, 2.75) is 46.4 Å². The minimum absolute atomic E-state index is 0.0313. The highest BCUT2D eigenvalue weighted by Crippen LogP contribution is 2.59. The topological polar surface area (TPSA) is 59.7 Å². The number of fused-ring (bicyclic) bond motifs is 1. The van der Waals surface area contributed by atoms with Crippen molar-refractivity contribution in [1.82, 2.24) is 14.9 Å². The standard InChI is InChI=1S/C21H21BrN4O2/c1-20(2)18(26-11-12-6-7-24-10-14(12)17(26)27)21(3,4)19(20)28-13-8-15(22)16(23-5)25-9-13/h6-10,18-19H,11H2,1-4H3. The molecule has 6 nitrogen and oxygen atoms in total. The van der Waals surface area contributed by atoms with Crippen LogP contribution >= 0.6 is 15.9 Å². The summed E-state index contributed by atoms with van der Waals surface area (Å²) in [6, 6.07) is 3.73. The van der Waals surface area contributed by atoms with Gasteiger partial charge in [0.25, 0.3) is 11.7 Å². The summed E-state index contributed by atoms with van der Waals surface area (Å²) >= 11 is 3.37. The summed E-state index contributed by atoms with van der Waals surface area (Å²) in [7, 11) is 0. The lowest BCUT2D eigenvalue weighted by Gasteiger charge is -2.65. The fraction of sp³-hybridized carbons (Fsp3) is 0.429. The van der Waals surface area contributed by atoms with Gasteiger partial charge in [0.15, 0.2) is 11.9 Å². The van der Waals surface area contributed by atoms with E-state index in [9.17, 15) is 4.79 Å². The first-order chi connectivity index (χ1) is 13.2. The van der Waals surface area contributed by atoms with Crippen molar-refractivity contribution in [2.24, 2.45) is 10.8 Å². The summed E-state index contributed by atoms with van der Waals surface area (Å²) in [6.07, 6.45) is 4.87. The molecule has 0 unspecified atom stereocenters. The molecule has 1 fully saturated rings. The molecule has 0 N–H and O–H groups in total. The summed E-state index contributed by atoms with van der Waals surface area (Å²) in [6.45, 7) is 16.3. The highest BCUT2D eigenvalue weighted by atomic mass is 79.9. The first-order valence-corrected chi connectivity index (χ1v) is 9.90. The Kier molecular flexibility index (Phi) is 4.23. The normalized spacial score (nSPS) is 24.3. The van der Waals surface area contributed by atoms with Gasteiger partial charge in [0.1, 0.15) is 6.10 Å². The maximum atomic E-state index is 13.0. The Bertz CT molecular complexity index is 996. The Balaban J connectivity index is 1.60. The van der Waals surface area contributed by atoms with Gasteiger partial charge in [-0.1, -0.05) is 50.2 Å². The van der Waals surface area contributed by atoms with Gasteiger partial charge in [0, 0.05) is 40.3 Å². The van der Waals surface area contributed by atoms with Gasteiger partial charge in [0.05, 0.1) is 5.56 Å². The number of nitrogens with zero attached hydrogens (tertiary/aromatic N) is 4. The number of carbonyl (C=O) groups excluding carboxylic acids is 1. The van der Waals surface area contributed by atoms with Crippen molar-refractivity contribution >= 4 is 27.7 Å². The van der Waals surface area contributed by atoms with Crippen molar-refractivity contribution in [1.29, 1.82) is 0 Å². The van der Waals surface area contributed by atoms with E-state index in [0.29, 0.717) is 28.1 Å². The maximum Gasteiger partial charge on any atom is 0.284 e. The molecule has 0 saturated heterocycles. The minimum atomic E-state index is -0.250. The zero-order valence-electron chi connectivity index (χ0n) is 16.2. The van der Waals surface area contributed by atoms with Gasteiger partial charge in [0.2, 0.25) is 0 Å². The summed E-state index contributed by atoms with van der Waals surface area (Å²) in [5.74, 6) is 0.967. The molecule has 1 aliphatic heterocycles. The Labute approximate surface area is 172 Å². The van der Waals surface area contributed by atoms with E-state index >= 15 is 0 Å². The van der Waals surface area contributed by atoms with Gasteiger partial charge in [-0.05, 0) is 17.7 Å². The number of amides is 1. The lowest BCUT2D eigenvalue weighted by molar-refractivity contribution is -0.199. The second-order valence-corrected chi connectivity index (χ2v) is 9.45. The first-order valence-electron chi connectivity index (χ1n) is 9.11. The van der Waals surface area contributed by atoms with E-state index in [1.54, 1.807) is 24.7 Å². The number of carbonyl (C=O) groups is 1. The fourth-order valence-corrected chi connectivity index (χ4v) is 5.70. The molecule has 1 saturated carbocycles. The third-order valence-corrected chi connectivity index (χ3v) is 6.56. The zero-order valence-corrected chi connectivity index (χ0v) is 17.8. The smallest absolute Gasteiger partial charge is 0.284 e. The molecule has 2 aliphatic rings. The van der Waals surface area contributed by atoms with Gasteiger partial charge in [-0.15, -0.1) is 4.98 Å². The van der Waals surface area contributed by atoms with Crippen molar-refractivity contribution in [3.63, 3.8) is 0 Å². The summed E-state index contributed by atoms with van der Waals surface area (Å²) < 4.78 is 6.93. The number of pyridine rings is 2. The van der Waals surface area contributed by atoms with Gasteiger partial charge < -0.3 is 14.5 Å². The van der Waals surface area contributed by atoms with E-state index in [1.807, 2.05) is 11.0 Å². The van der Waals surface area contributed by atoms with Crippen LogP contribution in [0.4, 0.5) is 5.82 Å². The molecule has 3 heterocycles. The van der Waals surface area contributed by atoms with Crippen LogP contribution < -0.4 is 4.74 Å². The Morgan fingerprint density at radius 3 is 2.61 bits per heavy atom. The van der Waals surface area contributed by atoms with Crippen LogP contribution in [0.2, 0.25) is 0 Å². The summed E-state index contributed by atoms with van der Waals surface area (Å²) in [5, 5.41) is 0. The number of hydrogen-bond donors (Lipinski definition) is 0. The molecule has 0 atom stereocenters. The average molecular weight is 441 g/mol. The predicted molar refractivity (Wildman–Crippen MR) is 108 cm³/mol. The molecule has 1 amide bonds. The summed E-state index contributed by atoms with van der Waals surface area (Å²) in [5.41, 5.74) is 1.22. The Morgan fingerprint density at radius 1 is 1.29 bits per heavy atom. The van der Waals surface area contributed by atoms with Crippen LogP contribution in [0.3, 0.4) is 0 Å². The molecule has 144 valence electrons. The van der Waals surface area contributed by atoms with Crippen LogP contribution in [-0.2, 0) is 6.54 Å². The van der Waals surface area contributed by atoms with Gasteiger partial charge >= 0.3 is 0 Å². The van der Waals surface area contributed by atoms with Gasteiger partial charge in [-0.25, -0.2) is 0 Å². The van der Waals surface area contributed by atoms with Crippen molar-refractivity contribution < 1.29 is 9.53 Å². The molecular weight excluding hydrogens is 420 g/mol. The number of ether oxygens (including phenoxy) is 1. The highest BCUT2D eigenvalue weighted by Gasteiger charge is 2.67. The largest absolute Gasteiger partial charge is 0.485 e. The van der Waals surface area contributed by atoms with Gasteiger partial charge in [-0.2, -0.15) is 0 Å². The molecule has 0 aromatic carbocycles. The lowest BCUT2D eigenvalue weighted by atomic mass is 9.49. The first kappa shape index (κ1) is 18.9. The minimum Gasteiger partial charge on any atom is -0.485 e. The molecule has 7 heteroatoms. The van der Waals surface area contributed by atoms with E-state index in [4.69, 9.17) is 11.3 Å². The third kappa shape index (κ3) is 2.62. The van der Waals surface area contributed by atoms with Crippen LogP contribution in [-0.4, -0.2) is 32.9 Å². The van der Waals surface area contributed by atoms with E-state index < -0.39 is 0 Å². The summed E-state index contributed by atoms with van der Waals surface area (Å²) in [4.78, 5) is 26.6. The monoisotopic (exact) mass is 440 g/mol. The van der Waals surface area contributed by atoms with Gasteiger partial charge in [-0.3, -0.25) is 9.78 Å². The second-order valence-electron chi connectivity index (χ2n) is 8.60. The molecule has 4 rings (SSSR count). The molecule has 2 aromatic heterocycles. The highest BCUT2D eigenvalue weighted by molar-refractivity contribution is 9.10. The fourth-order valence-electron chi connectivity index (χ4n) is 5.28. The van der Waals surface area contributed by atoms with Crippen LogP contribution in [0, 0.1) is 17.4 Å². The van der Waals surface area contributed by atoms with E-state index in [2.05, 4.69) is 58.4 Å². The SMILES string of the molecule is [C-]#[N+]c1ncc(OC2C(C)(C)C(N3Cc4ccncc4C3=O)C2(C)C)cc1Br. The number of aromatic nitrogens is 2. The Morgan fingerprint density at radius 2 is 2.00 bits per heavy atom. The molecule has 0 bridgehead atoms. The van der Waals surface area contributed by atoms with Crippen molar-refractivity contribution in [3.05, 3.63) is 57.7 Å². The van der Waals surface area contributed by atoms with Crippen molar-refractivity contribution in [2.75, 3.05) is 0 Å². The number of hydrogen-bond acceptors (Lipinski definition) is 4. The van der Waals surface area contributed by atoms with E-state index in [1.165, 1.54) is 0 Å². The molecule has 28 heavy (non-hydrogen) atoms. The van der Waals surface area contributed by atoms with E-state index in [-0.39, 0.29) is 28.9 Å². The lowest BCUT2D eigenvalue weighted by Crippen LogP contribution is -2.74. The molecule has 1 aliphatic carbocycles. The number of halogens is 1. The van der Waals surface area contributed by atoms with Crippen molar-refractivity contribution in [3.8, 4) is 5.75 Å². The molecule has 0 spiro atoms. The molecular formula is C21H21BrN4O2. The quantitative estimate of drug-likeness (QED) is 0.652. The second kappa shape index (κ2) is 6.28. The molecule has 2 aromatic rings. The van der Waals surface area contributed by atoms with E-state index in [0.717, 1.165) is 5.56 Å². The maximum absolute atomic E-state index is 13.0. The zero-order chi connectivity index (χ0) is 20.3. The molecule has 0 radical (unpaired) electrons. The van der Waals surface area contributed by atoms with Crippen LogP contribution in [0.5, 0.6) is 5.75 Å². The third-order valence-electron chi connectivity index (χ3n) is 5.97. The van der Waals surface area contributed by atoms with Crippen LogP contribution in [0.15, 0.2) is 35.2 Å². The van der Waals surface area contributed by atoms with Crippen LogP contribution in [0.25, 0.3) is 4.85 Å².